The van der Waals surface area contributed by atoms with Crippen LogP contribution in [0.25, 0.3) is 0 Å². The third kappa shape index (κ3) is 3.91. The predicted octanol–water partition coefficient (Wildman–Crippen LogP) is 1.66. The maximum Gasteiger partial charge on any atom is 0.334 e. The summed E-state index contributed by atoms with van der Waals surface area (Å²) < 4.78 is 9.66. The van der Waals surface area contributed by atoms with Crippen LogP contribution in [0.4, 0.5) is 0 Å². The van der Waals surface area contributed by atoms with Crippen molar-refractivity contribution in [3.05, 3.63) is 11.6 Å². The van der Waals surface area contributed by atoms with Crippen LogP contribution in [0.3, 0.4) is 0 Å². The fourth-order valence-corrected chi connectivity index (χ4v) is 1.46. The van der Waals surface area contributed by atoms with Crippen LogP contribution in [0.5, 0.6) is 0 Å². The first-order chi connectivity index (χ1) is 6.27. The van der Waals surface area contributed by atoms with Crippen molar-refractivity contribution in [2.45, 2.75) is 18.9 Å². The van der Waals surface area contributed by atoms with Crippen molar-refractivity contribution >= 4 is 21.9 Å². The summed E-state index contributed by atoms with van der Waals surface area (Å²) in [4.78, 5) is 11.1. The molecule has 1 saturated heterocycles. The minimum Gasteiger partial charge on any atom is -0.466 e. The Kier molecular flexibility index (Phi) is 4.45. The lowest BCUT2D eigenvalue weighted by Gasteiger charge is -2.00. The summed E-state index contributed by atoms with van der Waals surface area (Å²) in [6, 6.07) is 0. The average molecular weight is 249 g/mol. The molecule has 4 heteroatoms. The molecule has 1 unspecified atom stereocenters. The van der Waals surface area contributed by atoms with Crippen molar-refractivity contribution in [3.8, 4) is 0 Å². The molecule has 0 aliphatic carbocycles. The number of hydrogen-bond donors (Lipinski definition) is 0. The standard InChI is InChI=1S/C9H13BrO3/c1-12-9(11)7(5-10)3-2-4-8-6-13-8/h3,8H,2,4-6H2,1H3/b7-3+. The minimum absolute atomic E-state index is 0.256. The zero-order chi connectivity index (χ0) is 9.68. The molecule has 0 saturated carbocycles. The number of carbonyl (C=O) groups is 1. The van der Waals surface area contributed by atoms with Gasteiger partial charge in [0.05, 0.1) is 19.8 Å². The van der Waals surface area contributed by atoms with Crippen molar-refractivity contribution in [2.75, 3.05) is 19.0 Å². The van der Waals surface area contributed by atoms with Crippen LogP contribution in [0.1, 0.15) is 12.8 Å². The van der Waals surface area contributed by atoms with Gasteiger partial charge in [0.2, 0.25) is 0 Å². The molecular weight excluding hydrogens is 236 g/mol. The fraction of sp³-hybridized carbons (Fsp3) is 0.667. The third-order valence-corrected chi connectivity index (χ3v) is 2.48. The molecule has 0 aromatic rings. The zero-order valence-corrected chi connectivity index (χ0v) is 9.17. The fourth-order valence-electron chi connectivity index (χ4n) is 1.00. The Morgan fingerprint density at radius 3 is 2.92 bits per heavy atom. The molecule has 3 nitrogen and oxygen atoms in total. The monoisotopic (exact) mass is 248 g/mol. The van der Waals surface area contributed by atoms with Crippen LogP contribution in [0, 0.1) is 0 Å². The molecule has 1 heterocycles. The van der Waals surface area contributed by atoms with Crippen molar-refractivity contribution in [2.24, 2.45) is 0 Å². The van der Waals surface area contributed by atoms with Crippen molar-refractivity contribution < 1.29 is 14.3 Å². The van der Waals surface area contributed by atoms with E-state index in [1.54, 1.807) is 0 Å². The number of allylic oxidation sites excluding steroid dienone is 1. The van der Waals surface area contributed by atoms with Crippen molar-refractivity contribution in [3.63, 3.8) is 0 Å². The van der Waals surface area contributed by atoms with E-state index in [9.17, 15) is 4.79 Å². The number of ether oxygens (including phenoxy) is 2. The molecule has 1 atom stereocenters. The van der Waals surface area contributed by atoms with Crippen molar-refractivity contribution in [1.82, 2.24) is 0 Å². The quantitative estimate of drug-likeness (QED) is 0.322. The molecule has 0 aromatic carbocycles. The maximum absolute atomic E-state index is 11.1. The highest BCUT2D eigenvalue weighted by Gasteiger charge is 2.21. The van der Waals surface area contributed by atoms with E-state index < -0.39 is 0 Å². The Labute approximate surface area is 86.2 Å². The number of halogens is 1. The van der Waals surface area contributed by atoms with Gasteiger partial charge in [0.25, 0.3) is 0 Å². The summed E-state index contributed by atoms with van der Waals surface area (Å²) in [5, 5.41) is 0.547. The Hall–Kier alpha value is -0.350. The molecule has 74 valence electrons. The summed E-state index contributed by atoms with van der Waals surface area (Å²) >= 11 is 3.24. The average Bonchev–Trinajstić information content (AvgIpc) is 2.95. The largest absolute Gasteiger partial charge is 0.466 e. The van der Waals surface area contributed by atoms with E-state index in [4.69, 9.17) is 4.74 Å². The topological polar surface area (TPSA) is 38.8 Å². The maximum atomic E-state index is 11.1. The number of esters is 1. The number of alkyl halides is 1. The van der Waals surface area contributed by atoms with Gasteiger partial charge in [-0.2, -0.15) is 0 Å². The summed E-state index contributed by atoms with van der Waals surface area (Å²) in [7, 11) is 1.39. The van der Waals surface area contributed by atoms with E-state index in [0.29, 0.717) is 17.0 Å². The third-order valence-electron chi connectivity index (χ3n) is 1.87. The molecule has 1 fully saturated rings. The molecule has 0 radical (unpaired) electrons. The van der Waals surface area contributed by atoms with E-state index in [-0.39, 0.29) is 5.97 Å². The van der Waals surface area contributed by atoms with Crippen molar-refractivity contribution in [1.29, 1.82) is 0 Å². The number of hydrogen-bond acceptors (Lipinski definition) is 3. The first-order valence-electron chi connectivity index (χ1n) is 4.23. The van der Waals surface area contributed by atoms with E-state index in [1.165, 1.54) is 7.11 Å². The Balaban J connectivity index is 2.29. The van der Waals surface area contributed by atoms with Gasteiger partial charge in [-0.3, -0.25) is 0 Å². The van der Waals surface area contributed by atoms with E-state index in [0.717, 1.165) is 19.4 Å². The van der Waals surface area contributed by atoms with E-state index in [1.807, 2.05) is 6.08 Å². The van der Waals surface area contributed by atoms with E-state index in [2.05, 4.69) is 20.7 Å². The molecule has 13 heavy (non-hydrogen) atoms. The highest BCUT2D eigenvalue weighted by molar-refractivity contribution is 9.09. The van der Waals surface area contributed by atoms with Crippen LogP contribution < -0.4 is 0 Å². The van der Waals surface area contributed by atoms with Gasteiger partial charge in [-0.05, 0) is 12.8 Å². The second-order valence-electron chi connectivity index (χ2n) is 2.89. The number of methoxy groups -OCH3 is 1. The normalized spacial score (nSPS) is 21.4. The molecule has 0 aromatic heterocycles. The Bertz CT molecular complexity index is 209. The van der Waals surface area contributed by atoms with Gasteiger partial charge in [-0.15, -0.1) is 0 Å². The number of rotatable bonds is 5. The van der Waals surface area contributed by atoms with Gasteiger partial charge in [0, 0.05) is 10.9 Å². The summed E-state index contributed by atoms with van der Waals surface area (Å²) in [5.74, 6) is -0.256. The lowest BCUT2D eigenvalue weighted by Crippen LogP contribution is -2.05. The molecule has 1 rings (SSSR count). The molecule has 1 aliphatic heterocycles. The summed E-state index contributed by atoms with van der Waals surface area (Å²) in [6.07, 6.45) is 4.20. The van der Waals surface area contributed by atoms with Crippen LogP contribution in [0.2, 0.25) is 0 Å². The lowest BCUT2D eigenvalue weighted by atomic mass is 10.2. The zero-order valence-electron chi connectivity index (χ0n) is 7.59. The van der Waals surface area contributed by atoms with Crippen LogP contribution in [0.15, 0.2) is 11.6 Å². The molecule has 0 amide bonds. The van der Waals surface area contributed by atoms with Crippen LogP contribution in [-0.2, 0) is 14.3 Å². The smallest absolute Gasteiger partial charge is 0.334 e. The Morgan fingerprint density at radius 2 is 2.46 bits per heavy atom. The molecular formula is C9H13BrO3. The van der Waals surface area contributed by atoms with Gasteiger partial charge >= 0.3 is 5.97 Å². The van der Waals surface area contributed by atoms with Gasteiger partial charge in [0.15, 0.2) is 0 Å². The second kappa shape index (κ2) is 5.40. The lowest BCUT2D eigenvalue weighted by molar-refractivity contribution is -0.135. The second-order valence-corrected chi connectivity index (χ2v) is 3.45. The number of carbonyl (C=O) groups excluding carboxylic acids is 1. The van der Waals surface area contributed by atoms with Gasteiger partial charge in [-0.1, -0.05) is 22.0 Å². The Morgan fingerprint density at radius 1 is 1.77 bits per heavy atom. The molecule has 0 spiro atoms. The van der Waals surface area contributed by atoms with Crippen LogP contribution >= 0.6 is 15.9 Å². The summed E-state index contributed by atoms with van der Waals surface area (Å²) in [5.41, 5.74) is 0.683. The molecule has 0 N–H and O–H groups in total. The highest BCUT2D eigenvalue weighted by Crippen LogP contribution is 2.16. The van der Waals surface area contributed by atoms with Gasteiger partial charge < -0.3 is 9.47 Å². The van der Waals surface area contributed by atoms with Crippen LogP contribution in [-0.4, -0.2) is 31.1 Å². The first kappa shape index (κ1) is 10.7. The van der Waals surface area contributed by atoms with Gasteiger partial charge in [0.1, 0.15) is 0 Å². The molecule has 1 aliphatic rings. The highest BCUT2D eigenvalue weighted by atomic mass is 79.9. The van der Waals surface area contributed by atoms with E-state index >= 15 is 0 Å². The minimum atomic E-state index is -0.256. The summed E-state index contributed by atoms with van der Waals surface area (Å²) in [6.45, 7) is 0.871. The predicted molar refractivity (Wildman–Crippen MR) is 52.9 cm³/mol. The van der Waals surface area contributed by atoms with Gasteiger partial charge in [-0.25, -0.2) is 4.79 Å². The SMILES string of the molecule is COC(=O)/C(=C/CCC1CO1)CBr. The number of epoxide rings is 1. The first-order valence-corrected chi connectivity index (χ1v) is 5.35. The molecule has 0 bridgehead atoms.